The maximum absolute atomic E-state index is 5.90. The van der Waals surface area contributed by atoms with Crippen LogP contribution in [0.1, 0.15) is 38.3 Å². The third kappa shape index (κ3) is 3.73. The Hall–Kier alpha value is -1.17. The van der Waals surface area contributed by atoms with Crippen LogP contribution in [0.15, 0.2) is 18.5 Å². The normalized spacial score (nSPS) is 19.5. The number of ether oxygens (including phenoxy) is 3. The van der Waals surface area contributed by atoms with Gasteiger partial charge < -0.3 is 19.5 Å². The minimum absolute atomic E-state index is 0.0645. The molecule has 5 nitrogen and oxygen atoms in total. The number of aromatic nitrogens is 1. The molecule has 0 saturated carbocycles. The first-order chi connectivity index (χ1) is 10.1. The second-order valence-corrected chi connectivity index (χ2v) is 5.72. The highest BCUT2D eigenvalue weighted by molar-refractivity contribution is 5.28. The standard InChI is InChI=1S/C16H26N2O3/c1-12(2)21-14-9-13(10-18-11-14)15(17-3)16(19-4)5-7-20-8-6-16/h9-12,15,17H,5-8H2,1-4H3. The van der Waals surface area contributed by atoms with E-state index in [1.807, 2.05) is 33.2 Å². The predicted molar refractivity (Wildman–Crippen MR) is 81.6 cm³/mol. The van der Waals surface area contributed by atoms with Crippen LogP contribution in [0.25, 0.3) is 0 Å². The molecule has 0 radical (unpaired) electrons. The number of hydrogen-bond acceptors (Lipinski definition) is 5. The maximum Gasteiger partial charge on any atom is 0.138 e. The lowest BCUT2D eigenvalue weighted by atomic mass is 9.82. The van der Waals surface area contributed by atoms with E-state index in [0.717, 1.165) is 37.4 Å². The summed E-state index contributed by atoms with van der Waals surface area (Å²) in [6, 6.07) is 2.11. The smallest absolute Gasteiger partial charge is 0.138 e. The van der Waals surface area contributed by atoms with Gasteiger partial charge in [0.1, 0.15) is 5.75 Å². The summed E-state index contributed by atoms with van der Waals surface area (Å²) in [4.78, 5) is 4.31. The molecule has 2 rings (SSSR count). The molecule has 118 valence electrons. The van der Waals surface area contributed by atoms with E-state index in [4.69, 9.17) is 14.2 Å². The van der Waals surface area contributed by atoms with Crippen LogP contribution in [0.2, 0.25) is 0 Å². The molecule has 5 heteroatoms. The molecule has 0 aromatic carbocycles. The predicted octanol–water partition coefficient (Wildman–Crippen LogP) is 2.32. The summed E-state index contributed by atoms with van der Waals surface area (Å²) in [5, 5.41) is 3.38. The number of hydrogen-bond donors (Lipinski definition) is 1. The summed E-state index contributed by atoms with van der Waals surface area (Å²) >= 11 is 0. The molecule has 1 unspecified atom stereocenters. The Balaban J connectivity index is 2.27. The van der Waals surface area contributed by atoms with Crippen LogP contribution >= 0.6 is 0 Å². The van der Waals surface area contributed by atoms with Crippen molar-refractivity contribution in [1.82, 2.24) is 10.3 Å². The van der Waals surface area contributed by atoms with Crippen molar-refractivity contribution >= 4 is 0 Å². The van der Waals surface area contributed by atoms with Crippen molar-refractivity contribution in [2.75, 3.05) is 27.4 Å². The van der Waals surface area contributed by atoms with E-state index in [9.17, 15) is 0 Å². The lowest BCUT2D eigenvalue weighted by Crippen LogP contribution is -2.48. The third-order valence-electron chi connectivity index (χ3n) is 4.00. The molecule has 0 spiro atoms. The molecule has 1 aromatic rings. The number of nitrogens with one attached hydrogen (secondary N) is 1. The van der Waals surface area contributed by atoms with E-state index in [1.54, 1.807) is 13.3 Å². The second-order valence-electron chi connectivity index (χ2n) is 5.72. The lowest BCUT2D eigenvalue weighted by Gasteiger charge is -2.42. The van der Waals surface area contributed by atoms with Gasteiger partial charge >= 0.3 is 0 Å². The monoisotopic (exact) mass is 294 g/mol. The number of likely N-dealkylation sites (N-methyl/N-ethyl adjacent to an activating group) is 1. The van der Waals surface area contributed by atoms with Crippen LogP contribution in [-0.4, -0.2) is 44.1 Å². The highest BCUT2D eigenvalue weighted by Crippen LogP contribution is 2.37. The van der Waals surface area contributed by atoms with Gasteiger partial charge in [0.05, 0.1) is 23.9 Å². The molecule has 1 atom stereocenters. The van der Waals surface area contributed by atoms with Crippen molar-refractivity contribution in [3.63, 3.8) is 0 Å². The van der Waals surface area contributed by atoms with Crippen molar-refractivity contribution in [3.05, 3.63) is 24.0 Å². The summed E-state index contributed by atoms with van der Waals surface area (Å²) in [6.45, 7) is 5.47. The van der Waals surface area contributed by atoms with Crippen molar-refractivity contribution in [1.29, 1.82) is 0 Å². The summed E-state index contributed by atoms with van der Waals surface area (Å²) in [7, 11) is 3.73. The Kier molecular flexibility index (Phi) is 5.56. The summed E-state index contributed by atoms with van der Waals surface area (Å²) in [5.74, 6) is 0.793. The van der Waals surface area contributed by atoms with E-state index in [1.165, 1.54) is 0 Å². The molecule has 1 saturated heterocycles. The highest BCUT2D eigenvalue weighted by Gasteiger charge is 2.41. The van der Waals surface area contributed by atoms with Crippen LogP contribution in [0.4, 0.5) is 0 Å². The van der Waals surface area contributed by atoms with Gasteiger partial charge in [0.2, 0.25) is 0 Å². The molecule has 21 heavy (non-hydrogen) atoms. The highest BCUT2D eigenvalue weighted by atomic mass is 16.5. The quantitative estimate of drug-likeness (QED) is 0.872. The zero-order chi connectivity index (χ0) is 15.3. The van der Waals surface area contributed by atoms with Gasteiger partial charge in [-0.05, 0) is 32.5 Å². The summed E-state index contributed by atoms with van der Waals surface area (Å²) in [6.07, 6.45) is 5.49. The van der Waals surface area contributed by atoms with Crippen molar-refractivity contribution in [2.24, 2.45) is 0 Å². The van der Waals surface area contributed by atoms with Crippen molar-refractivity contribution in [2.45, 2.75) is 44.4 Å². The molecule has 0 bridgehead atoms. The average molecular weight is 294 g/mol. The minimum Gasteiger partial charge on any atom is -0.489 e. The molecule has 1 N–H and O–H groups in total. The molecular weight excluding hydrogens is 268 g/mol. The van der Waals surface area contributed by atoms with E-state index in [0.29, 0.717) is 0 Å². The van der Waals surface area contributed by atoms with E-state index < -0.39 is 0 Å². The minimum atomic E-state index is -0.259. The fourth-order valence-electron chi connectivity index (χ4n) is 2.99. The Morgan fingerprint density at radius 2 is 2.00 bits per heavy atom. The second kappa shape index (κ2) is 7.20. The zero-order valence-corrected chi connectivity index (χ0v) is 13.4. The van der Waals surface area contributed by atoms with E-state index in [2.05, 4.69) is 10.3 Å². The average Bonchev–Trinajstić information content (AvgIpc) is 2.48. The molecule has 1 fully saturated rings. The van der Waals surface area contributed by atoms with Gasteiger partial charge in [-0.3, -0.25) is 4.98 Å². The van der Waals surface area contributed by atoms with Gasteiger partial charge in [-0.2, -0.15) is 0 Å². The van der Waals surface area contributed by atoms with Gasteiger partial charge in [0.25, 0.3) is 0 Å². The molecule has 2 heterocycles. The topological polar surface area (TPSA) is 52.6 Å². The molecule has 1 aromatic heterocycles. The lowest BCUT2D eigenvalue weighted by molar-refractivity contribution is -0.110. The molecule has 0 amide bonds. The van der Waals surface area contributed by atoms with Gasteiger partial charge in [-0.1, -0.05) is 0 Å². The van der Waals surface area contributed by atoms with Crippen LogP contribution in [0.3, 0.4) is 0 Å². The summed E-state index contributed by atoms with van der Waals surface area (Å²) in [5.41, 5.74) is 0.824. The number of nitrogens with zero attached hydrogens (tertiary/aromatic N) is 1. The first-order valence-corrected chi connectivity index (χ1v) is 7.53. The zero-order valence-electron chi connectivity index (χ0n) is 13.4. The Morgan fingerprint density at radius 3 is 2.57 bits per heavy atom. The molecule has 1 aliphatic rings. The van der Waals surface area contributed by atoms with Crippen LogP contribution in [0.5, 0.6) is 5.75 Å². The van der Waals surface area contributed by atoms with Crippen molar-refractivity contribution in [3.8, 4) is 5.75 Å². The Morgan fingerprint density at radius 1 is 1.29 bits per heavy atom. The SMILES string of the molecule is CNC(c1cncc(OC(C)C)c1)C1(OC)CCOCC1. The van der Waals surface area contributed by atoms with E-state index >= 15 is 0 Å². The largest absolute Gasteiger partial charge is 0.489 e. The van der Waals surface area contributed by atoms with Crippen LogP contribution in [0, 0.1) is 0 Å². The van der Waals surface area contributed by atoms with Gasteiger partial charge in [-0.15, -0.1) is 0 Å². The number of pyridine rings is 1. The van der Waals surface area contributed by atoms with E-state index in [-0.39, 0.29) is 17.7 Å². The maximum atomic E-state index is 5.90. The third-order valence-corrected chi connectivity index (χ3v) is 4.00. The number of methoxy groups -OCH3 is 1. The molecule has 0 aliphatic carbocycles. The van der Waals surface area contributed by atoms with Gasteiger partial charge in [0, 0.05) is 39.4 Å². The first kappa shape index (κ1) is 16.2. The first-order valence-electron chi connectivity index (χ1n) is 7.53. The summed E-state index contributed by atoms with van der Waals surface area (Å²) < 4.78 is 17.1. The fourth-order valence-corrected chi connectivity index (χ4v) is 2.99. The van der Waals surface area contributed by atoms with Gasteiger partial charge in [-0.25, -0.2) is 0 Å². The Labute approximate surface area is 127 Å². The van der Waals surface area contributed by atoms with Crippen molar-refractivity contribution < 1.29 is 14.2 Å². The Bertz CT molecular complexity index is 445. The van der Waals surface area contributed by atoms with Crippen LogP contribution < -0.4 is 10.1 Å². The molecular formula is C16H26N2O3. The fraction of sp³-hybridized carbons (Fsp3) is 0.688. The van der Waals surface area contributed by atoms with Crippen LogP contribution in [-0.2, 0) is 9.47 Å². The number of rotatable bonds is 6. The van der Waals surface area contributed by atoms with Gasteiger partial charge in [0.15, 0.2) is 0 Å². The molecule has 1 aliphatic heterocycles.